The number of anilines is 1. The van der Waals surface area contributed by atoms with Crippen molar-refractivity contribution < 1.29 is 4.79 Å². The molecular weight excluding hydrogens is 194 g/mol. The molecule has 0 aliphatic heterocycles. The van der Waals surface area contributed by atoms with Crippen molar-refractivity contribution in [2.75, 3.05) is 5.32 Å². The fourth-order valence-electron chi connectivity index (χ4n) is 1.09. The van der Waals surface area contributed by atoms with Gasteiger partial charge in [0.2, 0.25) is 0 Å². The van der Waals surface area contributed by atoms with E-state index < -0.39 is 0 Å². The van der Waals surface area contributed by atoms with E-state index >= 15 is 0 Å². The summed E-state index contributed by atoms with van der Waals surface area (Å²) in [7, 11) is 0. The first-order chi connectivity index (χ1) is 7.27. The van der Waals surface area contributed by atoms with Gasteiger partial charge in [0.05, 0.1) is 0 Å². The highest BCUT2D eigenvalue weighted by Gasteiger charge is 2.08. The van der Waals surface area contributed by atoms with Gasteiger partial charge in [-0.05, 0) is 13.0 Å². The molecule has 0 aliphatic carbocycles. The number of amides is 1. The van der Waals surface area contributed by atoms with Crippen molar-refractivity contribution >= 4 is 11.7 Å². The van der Waals surface area contributed by atoms with Crippen molar-refractivity contribution in [1.82, 2.24) is 20.2 Å². The number of rotatable bonds is 2. The number of carbonyl (C=O) groups excluding carboxylic acids is 1. The van der Waals surface area contributed by atoms with Crippen LogP contribution in [0.15, 0.2) is 24.8 Å². The fourth-order valence-corrected chi connectivity index (χ4v) is 1.09. The maximum atomic E-state index is 11.6. The maximum absolute atomic E-state index is 11.6. The van der Waals surface area contributed by atoms with Gasteiger partial charge in [-0.2, -0.15) is 5.10 Å². The standard InChI is InChI=1S/C9H9N5O/c1-6-4-10-5-11-8(6)13-9(15)7-2-3-12-14-7/h2-5H,1H3,(H,12,14)(H,10,11,13,15). The van der Waals surface area contributed by atoms with E-state index in [0.29, 0.717) is 11.5 Å². The minimum atomic E-state index is -0.269. The normalized spacial score (nSPS) is 9.93. The lowest BCUT2D eigenvalue weighted by atomic mass is 10.3. The molecule has 2 heterocycles. The second-order valence-electron chi connectivity index (χ2n) is 2.98. The Labute approximate surface area is 85.8 Å². The Morgan fingerprint density at radius 1 is 1.53 bits per heavy atom. The number of hydrogen-bond donors (Lipinski definition) is 2. The van der Waals surface area contributed by atoms with E-state index in [0.717, 1.165) is 5.56 Å². The molecule has 0 unspecified atom stereocenters. The van der Waals surface area contributed by atoms with Crippen LogP contribution in [0.1, 0.15) is 16.1 Å². The summed E-state index contributed by atoms with van der Waals surface area (Å²) in [6, 6.07) is 1.59. The molecule has 6 heteroatoms. The zero-order valence-corrected chi connectivity index (χ0v) is 8.06. The van der Waals surface area contributed by atoms with Gasteiger partial charge in [-0.25, -0.2) is 9.97 Å². The number of aryl methyl sites for hydroxylation is 1. The van der Waals surface area contributed by atoms with Gasteiger partial charge in [0.25, 0.3) is 5.91 Å². The Hall–Kier alpha value is -2.24. The predicted octanol–water partition coefficient (Wildman–Crippen LogP) is 0.760. The summed E-state index contributed by atoms with van der Waals surface area (Å²) in [6.07, 6.45) is 4.53. The third-order valence-corrected chi connectivity index (χ3v) is 1.87. The number of aromatic amines is 1. The Morgan fingerprint density at radius 3 is 3.07 bits per heavy atom. The van der Waals surface area contributed by atoms with E-state index in [-0.39, 0.29) is 5.91 Å². The van der Waals surface area contributed by atoms with E-state index in [1.54, 1.807) is 12.3 Å². The predicted molar refractivity (Wildman–Crippen MR) is 53.3 cm³/mol. The molecule has 0 bridgehead atoms. The van der Waals surface area contributed by atoms with Crippen LogP contribution < -0.4 is 5.32 Å². The van der Waals surface area contributed by atoms with Crippen LogP contribution in [0, 0.1) is 6.92 Å². The van der Waals surface area contributed by atoms with E-state index in [1.165, 1.54) is 12.5 Å². The molecule has 0 fully saturated rings. The summed E-state index contributed by atoms with van der Waals surface area (Å²) >= 11 is 0. The van der Waals surface area contributed by atoms with E-state index in [2.05, 4.69) is 25.5 Å². The maximum Gasteiger partial charge on any atom is 0.274 e. The molecular formula is C9H9N5O. The summed E-state index contributed by atoms with van der Waals surface area (Å²) in [4.78, 5) is 19.4. The quantitative estimate of drug-likeness (QED) is 0.754. The Morgan fingerprint density at radius 2 is 2.40 bits per heavy atom. The van der Waals surface area contributed by atoms with Crippen LogP contribution in [0.4, 0.5) is 5.82 Å². The molecule has 2 rings (SSSR count). The van der Waals surface area contributed by atoms with E-state index in [4.69, 9.17) is 0 Å². The second kappa shape index (κ2) is 3.87. The highest BCUT2D eigenvalue weighted by Crippen LogP contribution is 2.08. The number of carbonyl (C=O) groups is 1. The van der Waals surface area contributed by atoms with Crippen LogP contribution in [0.25, 0.3) is 0 Å². The molecule has 0 saturated heterocycles. The topological polar surface area (TPSA) is 83.6 Å². The molecule has 76 valence electrons. The van der Waals surface area contributed by atoms with Gasteiger partial charge in [-0.3, -0.25) is 9.89 Å². The van der Waals surface area contributed by atoms with Gasteiger partial charge in [-0.15, -0.1) is 0 Å². The lowest BCUT2D eigenvalue weighted by Gasteiger charge is -2.04. The van der Waals surface area contributed by atoms with Crippen molar-refractivity contribution in [3.05, 3.63) is 36.0 Å². The van der Waals surface area contributed by atoms with Gasteiger partial charge in [0, 0.05) is 18.0 Å². The van der Waals surface area contributed by atoms with E-state index in [1.807, 2.05) is 6.92 Å². The molecule has 0 spiro atoms. The van der Waals surface area contributed by atoms with E-state index in [9.17, 15) is 4.79 Å². The van der Waals surface area contributed by atoms with Crippen LogP contribution in [-0.4, -0.2) is 26.1 Å². The van der Waals surface area contributed by atoms with Gasteiger partial charge >= 0.3 is 0 Å². The van der Waals surface area contributed by atoms with Crippen LogP contribution in [0.3, 0.4) is 0 Å². The molecule has 2 aromatic heterocycles. The highest BCUT2D eigenvalue weighted by molar-refractivity contribution is 6.02. The average Bonchev–Trinajstić information content (AvgIpc) is 2.74. The van der Waals surface area contributed by atoms with Crippen molar-refractivity contribution in [1.29, 1.82) is 0 Å². The summed E-state index contributed by atoms with van der Waals surface area (Å²) in [5, 5.41) is 8.91. The fraction of sp³-hybridized carbons (Fsp3) is 0.111. The number of nitrogens with zero attached hydrogens (tertiary/aromatic N) is 3. The van der Waals surface area contributed by atoms with Crippen LogP contribution in [0.2, 0.25) is 0 Å². The van der Waals surface area contributed by atoms with Gasteiger partial charge < -0.3 is 5.32 Å². The molecule has 0 saturated carbocycles. The molecule has 0 radical (unpaired) electrons. The van der Waals surface area contributed by atoms with Gasteiger partial charge in [-0.1, -0.05) is 0 Å². The van der Waals surface area contributed by atoms with Crippen molar-refractivity contribution in [2.45, 2.75) is 6.92 Å². The lowest BCUT2D eigenvalue weighted by molar-refractivity contribution is 0.102. The Kier molecular flexibility index (Phi) is 2.40. The smallest absolute Gasteiger partial charge is 0.274 e. The molecule has 0 atom stereocenters. The molecule has 1 amide bonds. The second-order valence-corrected chi connectivity index (χ2v) is 2.98. The average molecular weight is 203 g/mol. The summed E-state index contributed by atoms with van der Waals surface area (Å²) < 4.78 is 0. The lowest BCUT2D eigenvalue weighted by Crippen LogP contribution is -2.14. The summed E-state index contributed by atoms with van der Waals surface area (Å²) in [5.41, 5.74) is 1.21. The number of aromatic nitrogens is 4. The Balaban J connectivity index is 2.17. The summed E-state index contributed by atoms with van der Waals surface area (Å²) in [5.74, 6) is 0.235. The van der Waals surface area contributed by atoms with Crippen LogP contribution >= 0.6 is 0 Å². The molecule has 6 nitrogen and oxygen atoms in total. The van der Waals surface area contributed by atoms with Crippen molar-refractivity contribution in [3.63, 3.8) is 0 Å². The number of H-pyrrole nitrogens is 1. The third kappa shape index (κ3) is 1.98. The minimum Gasteiger partial charge on any atom is -0.305 e. The highest BCUT2D eigenvalue weighted by atomic mass is 16.2. The van der Waals surface area contributed by atoms with Gasteiger partial charge in [0.1, 0.15) is 17.8 Å². The van der Waals surface area contributed by atoms with Crippen LogP contribution in [-0.2, 0) is 0 Å². The molecule has 15 heavy (non-hydrogen) atoms. The van der Waals surface area contributed by atoms with Crippen molar-refractivity contribution in [3.8, 4) is 0 Å². The van der Waals surface area contributed by atoms with Gasteiger partial charge in [0.15, 0.2) is 0 Å². The first-order valence-electron chi connectivity index (χ1n) is 4.34. The van der Waals surface area contributed by atoms with Crippen molar-refractivity contribution in [2.24, 2.45) is 0 Å². The monoisotopic (exact) mass is 203 g/mol. The first-order valence-corrected chi connectivity index (χ1v) is 4.34. The third-order valence-electron chi connectivity index (χ3n) is 1.87. The molecule has 0 aliphatic rings. The zero-order chi connectivity index (χ0) is 10.7. The first kappa shape index (κ1) is 9.32. The van der Waals surface area contributed by atoms with Crippen LogP contribution in [0.5, 0.6) is 0 Å². The number of hydrogen-bond acceptors (Lipinski definition) is 4. The SMILES string of the molecule is Cc1cncnc1NC(=O)c1ccn[nH]1. The molecule has 0 aromatic carbocycles. The number of nitrogens with one attached hydrogen (secondary N) is 2. The molecule has 2 N–H and O–H groups in total. The largest absolute Gasteiger partial charge is 0.305 e. The minimum absolute atomic E-state index is 0.269. The Bertz CT molecular complexity index is 465. The molecule has 2 aromatic rings. The zero-order valence-electron chi connectivity index (χ0n) is 8.06. The summed E-state index contributed by atoms with van der Waals surface area (Å²) in [6.45, 7) is 1.82.